The van der Waals surface area contributed by atoms with Crippen LogP contribution in [0.3, 0.4) is 0 Å². The predicted molar refractivity (Wildman–Crippen MR) is 227 cm³/mol. The van der Waals surface area contributed by atoms with Crippen molar-refractivity contribution in [1.29, 1.82) is 0 Å². The maximum absolute atomic E-state index is 4.87. The Morgan fingerprint density at radius 3 is 1.70 bits per heavy atom. The van der Waals surface area contributed by atoms with Crippen LogP contribution >= 0.6 is 0 Å². The average Bonchev–Trinajstić information content (AvgIpc) is 3.76. The Kier molecular flexibility index (Phi) is 7.62. The lowest BCUT2D eigenvalue weighted by Crippen LogP contribution is -2.23. The number of nitrogens with one attached hydrogen (secondary N) is 1. The molecule has 10 rings (SSSR count). The molecule has 0 radical (unpaired) electrons. The molecule has 1 unspecified atom stereocenters. The number of fused-ring (bicyclic) bond motifs is 3. The van der Waals surface area contributed by atoms with Crippen LogP contribution in [0.5, 0.6) is 0 Å². The maximum atomic E-state index is 4.87. The van der Waals surface area contributed by atoms with Crippen molar-refractivity contribution in [2.24, 2.45) is 7.05 Å². The van der Waals surface area contributed by atoms with Gasteiger partial charge in [-0.15, -0.1) is 0 Å². The zero-order chi connectivity index (χ0) is 36.2. The summed E-state index contributed by atoms with van der Waals surface area (Å²) in [6, 6.07) is 65.7. The summed E-state index contributed by atoms with van der Waals surface area (Å²) in [6.45, 7) is 0. The lowest BCUT2D eigenvalue weighted by Gasteiger charge is -2.22. The lowest BCUT2D eigenvalue weighted by molar-refractivity contribution is 0.792. The van der Waals surface area contributed by atoms with Crippen LogP contribution in [-0.4, -0.2) is 16.6 Å². The number of benzene rings is 8. The summed E-state index contributed by atoms with van der Waals surface area (Å²) in [5.74, 6) is 0.980. The molecule has 1 atom stereocenters. The van der Waals surface area contributed by atoms with Gasteiger partial charge in [0.1, 0.15) is 12.0 Å². The summed E-state index contributed by atoms with van der Waals surface area (Å²) >= 11 is 0. The Balaban J connectivity index is 0.853. The van der Waals surface area contributed by atoms with E-state index >= 15 is 0 Å². The van der Waals surface area contributed by atoms with Crippen LogP contribution in [0.25, 0.3) is 77.7 Å². The quantitative estimate of drug-likeness (QED) is 0.188. The third-order valence-corrected chi connectivity index (χ3v) is 11.1. The first kappa shape index (κ1) is 31.8. The number of anilines is 2. The molecule has 4 heteroatoms. The van der Waals surface area contributed by atoms with Crippen LogP contribution in [0.4, 0.5) is 11.4 Å². The second kappa shape index (κ2) is 12.9. The molecule has 0 saturated carbocycles. The van der Waals surface area contributed by atoms with E-state index in [1.807, 2.05) is 6.07 Å². The topological polar surface area (TPSA) is 33.1 Å². The molecule has 8 aromatic carbocycles. The van der Waals surface area contributed by atoms with Crippen LogP contribution in [0.2, 0.25) is 0 Å². The molecule has 1 aromatic heterocycles. The standard InChI is InChI=1S/C50H38N4/c1-53-47-12-5-3-10-45(47)51-49(53)39-26-20-35(21-27-39)33-14-16-37(17-15-33)41-30-31-44-42(32-41)8-7-9-43(44)38-24-18-34(19-25-38)36-22-28-40(29-23-36)50-52-46-11-4-6-13-48(46)54(50)2/h3-32,50,52H,1-2H3. The third kappa shape index (κ3) is 5.51. The van der Waals surface area contributed by atoms with Gasteiger partial charge in [-0.25, -0.2) is 4.98 Å². The summed E-state index contributed by atoms with van der Waals surface area (Å²) in [4.78, 5) is 7.17. The Morgan fingerprint density at radius 1 is 0.481 bits per heavy atom. The van der Waals surface area contributed by atoms with E-state index in [1.54, 1.807) is 0 Å². The first-order valence-corrected chi connectivity index (χ1v) is 18.5. The number of nitrogens with zero attached hydrogens (tertiary/aromatic N) is 3. The molecule has 258 valence electrons. The summed E-state index contributed by atoms with van der Waals surface area (Å²) in [6.07, 6.45) is 0.133. The van der Waals surface area contributed by atoms with Crippen molar-refractivity contribution in [3.05, 3.63) is 188 Å². The molecule has 0 saturated heterocycles. The van der Waals surface area contributed by atoms with Crippen LogP contribution in [-0.2, 0) is 7.05 Å². The Hall–Kier alpha value is -6.91. The molecule has 1 N–H and O–H groups in total. The fraction of sp³-hybridized carbons (Fsp3) is 0.0600. The summed E-state index contributed by atoms with van der Waals surface area (Å²) in [5.41, 5.74) is 16.6. The number of aromatic nitrogens is 2. The summed E-state index contributed by atoms with van der Waals surface area (Å²) < 4.78 is 2.16. The number of imidazole rings is 1. The highest BCUT2D eigenvalue weighted by Crippen LogP contribution is 2.40. The molecule has 0 aliphatic carbocycles. The molecule has 1 aliphatic rings. The van der Waals surface area contributed by atoms with E-state index in [0.29, 0.717) is 0 Å². The minimum absolute atomic E-state index is 0.133. The van der Waals surface area contributed by atoms with Gasteiger partial charge in [0, 0.05) is 19.7 Å². The maximum Gasteiger partial charge on any atom is 0.140 e. The normalized spacial score (nSPS) is 13.7. The van der Waals surface area contributed by atoms with Gasteiger partial charge in [0.25, 0.3) is 0 Å². The highest BCUT2D eigenvalue weighted by molar-refractivity contribution is 5.99. The van der Waals surface area contributed by atoms with Gasteiger partial charge >= 0.3 is 0 Å². The van der Waals surface area contributed by atoms with E-state index in [9.17, 15) is 0 Å². The second-order valence-corrected chi connectivity index (χ2v) is 14.3. The molecule has 0 fully saturated rings. The van der Waals surface area contributed by atoms with Crippen LogP contribution in [0.1, 0.15) is 11.7 Å². The SMILES string of the molecule is CN1c2ccccc2NC1c1ccc(-c2ccc(-c3cccc4cc(-c5ccc(-c6ccc(-c7nc8ccccc8n7C)cc6)cc5)ccc34)cc2)cc1. The second-order valence-electron chi connectivity index (χ2n) is 14.3. The summed E-state index contributed by atoms with van der Waals surface area (Å²) in [5, 5.41) is 6.14. The zero-order valence-corrected chi connectivity index (χ0v) is 30.2. The van der Waals surface area contributed by atoms with Gasteiger partial charge < -0.3 is 14.8 Å². The minimum atomic E-state index is 0.133. The van der Waals surface area contributed by atoms with Gasteiger partial charge in [0.15, 0.2) is 0 Å². The van der Waals surface area contributed by atoms with Crippen molar-refractivity contribution in [2.45, 2.75) is 6.17 Å². The molecule has 9 aromatic rings. The number of para-hydroxylation sites is 4. The predicted octanol–water partition coefficient (Wildman–Crippen LogP) is 12.6. The van der Waals surface area contributed by atoms with Crippen molar-refractivity contribution in [1.82, 2.24) is 9.55 Å². The van der Waals surface area contributed by atoms with E-state index in [-0.39, 0.29) is 6.17 Å². The van der Waals surface area contributed by atoms with Gasteiger partial charge in [0.2, 0.25) is 0 Å². The van der Waals surface area contributed by atoms with E-state index in [1.165, 1.54) is 72.2 Å². The number of hydrogen-bond donors (Lipinski definition) is 1. The van der Waals surface area contributed by atoms with Crippen LogP contribution in [0, 0.1) is 0 Å². The van der Waals surface area contributed by atoms with Crippen molar-refractivity contribution < 1.29 is 0 Å². The van der Waals surface area contributed by atoms with Gasteiger partial charge in [-0.05, 0) is 91.2 Å². The van der Waals surface area contributed by atoms with E-state index in [2.05, 4.69) is 205 Å². The van der Waals surface area contributed by atoms with E-state index in [4.69, 9.17) is 4.98 Å². The number of aryl methyl sites for hydroxylation is 1. The molecule has 4 nitrogen and oxygen atoms in total. The van der Waals surface area contributed by atoms with Gasteiger partial charge in [-0.3, -0.25) is 0 Å². The molecule has 2 heterocycles. The van der Waals surface area contributed by atoms with Crippen LogP contribution in [0.15, 0.2) is 182 Å². The molecule has 0 bridgehead atoms. The van der Waals surface area contributed by atoms with Crippen LogP contribution < -0.4 is 10.2 Å². The largest absolute Gasteiger partial charge is 0.360 e. The molecule has 54 heavy (non-hydrogen) atoms. The Morgan fingerprint density at radius 2 is 1.04 bits per heavy atom. The fourth-order valence-corrected chi connectivity index (χ4v) is 8.08. The highest BCUT2D eigenvalue weighted by atomic mass is 15.3. The fourth-order valence-electron chi connectivity index (χ4n) is 8.08. The van der Waals surface area contributed by atoms with Crippen molar-refractivity contribution in [3.63, 3.8) is 0 Å². The molecular weight excluding hydrogens is 657 g/mol. The Labute approximate surface area is 315 Å². The highest BCUT2D eigenvalue weighted by Gasteiger charge is 2.26. The first-order valence-electron chi connectivity index (χ1n) is 18.5. The smallest absolute Gasteiger partial charge is 0.140 e. The number of rotatable bonds is 6. The monoisotopic (exact) mass is 694 g/mol. The molecular formula is C50H38N4. The van der Waals surface area contributed by atoms with Crippen molar-refractivity contribution in [3.8, 4) is 55.9 Å². The van der Waals surface area contributed by atoms with Gasteiger partial charge in [-0.1, -0.05) is 152 Å². The third-order valence-electron chi connectivity index (χ3n) is 11.1. The average molecular weight is 695 g/mol. The first-order chi connectivity index (χ1) is 26.6. The molecule has 0 amide bonds. The van der Waals surface area contributed by atoms with Crippen molar-refractivity contribution in [2.75, 3.05) is 17.3 Å². The summed E-state index contributed by atoms with van der Waals surface area (Å²) in [7, 11) is 4.23. The minimum Gasteiger partial charge on any atom is -0.360 e. The van der Waals surface area contributed by atoms with E-state index < -0.39 is 0 Å². The van der Waals surface area contributed by atoms with Crippen molar-refractivity contribution >= 4 is 33.2 Å². The van der Waals surface area contributed by atoms with E-state index in [0.717, 1.165) is 22.4 Å². The molecule has 1 aliphatic heterocycles. The van der Waals surface area contributed by atoms with Gasteiger partial charge in [0.05, 0.1) is 22.4 Å². The number of hydrogen-bond acceptors (Lipinski definition) is 3. The zero-order valence-electron chi connectivity index (χ0n) is 30.2. The lowest BCUT2D eigenvalue weighted by atomic mass is 9.93. The van der Waals surface area contributed by atoms with Gasteiger partial charge in [-0.2, -0.15) is 0 Å². The Bertz CT molecular complexity index is 2800. The molecule has 0 spiro atoms.